The number of alkyl halides is 6. The highest BCUT2D eigenvalue weighted by atomic mass is 35.6. The van der Waals surface area contributed by atoms with E-state index in [2.05, 4.69) is 21.0 Å². The molecule has 0 saturated heterocycles. The van der Waals surface area contributed by atoms with Gasteiger partial charge in [0.25, 0.3) is 0 Å². The van der Waals surface area contributed by atoms with Crippen LogP contribution in [0.1, 0.15) is 34.2 Å². The molecular formula is C15H11Cl6N3. The second-order valence-corrected chi connectivity index (χ2v) is 9.59. The van der Waals surface area contributed by atoms with E-state index in [0.717, 1.165) is 11.1 Å². The molecule has 0 aliphatic rings. The summed E-state index contributed by atoms with van der Waals surface area (Å²) < 4.78 is -3.73. The van der Waals surface area contributed by atoms with Crippen molar-refractivity contribution in [3.63, 3.8) is 0 Å². The van der Waals surface area contributed by atoms with Crippen LogP contribution < -0.4 is 0 Å². The molecule has 0 amide bonds. The highest BCUT2D eigenvalue weighted by Gasteiger charge is 2.33. The Hall–Kier alpha value is -0.290. The van der Waals surface area contributed by atoms with Gasteiger partial charge in [0.05, 0.1) is 0 Å². The largest absolute Gasteiger partial charge is 0.250 e. The van der Waals surface area contributed by atoms with E-state index in [0.29, 0.717) is 0 Å². The second kappa shape index (κ2) is 7.53. The number of nitrogens with zero attached hydrogens (tertiary/aromatic N) is 3. The zero-order chi connectivity index (χ0) is 18.1. The van der Waals surface area contributed by atoms with Crippen LogP contribution in [0.4, 0.5) is 0 Å². The molecule has 1 aromatic carbocycles. The van der Waals surface area contributed by atoms with Crippen molar-refractivity contribution in [2.45, 2.75) is 21.4 Å². The van der Waals surface area contributed by atoms with Gasteiger partial charge in [0.15, 0.2) is 17.5 Å². The molecule has 1 heterocycles. The summed E-state index contributed by atoms with van der Waals surface area (Å²) in [4.78, 5) is 12.1. The minimum absolute atomic E-state index is 0.121. The third kappa shape index (κ3) is 5.35. The third-order valence-corrected chi connectivity index (χ3v) is 4.01. The van der Waals surface area contributed by atoms with Gasteiger partial charge >= 0.3 is 0 Å². The van der Waals surface area contributed by atoms with E-state index < -0.39 is 7.59 Å². The number of aryl methyl sites for hydroxylation is 2. The quantitative estimate of drug-likeness (QED) is 0.508. The van der Waals surface area contributed by atoms with Crippen LogP contribution in [-0.2, 0) is 7.59 Å². The summed E-state index contributed by atoms with van der Waals surface area (Å²) in [6, 6.07) is 6.04. The zero-order valence-corrected chi connectivity index (χ0v) is 17.0. The lowest BCUT2D eigenvalue weighted by Gasteiger charge is -2.14. The van der Waals surface area contributed by atoms with Crippen LogP contribution in [0.5, 0.6) is 0 Å². The first-order chi connectivity index (χ1) is 11.0. The van der Waals surface area contributed by atoms with E-state index in [4.69, 9.17) is 69.6 Å². The molecule has 3 nitrogen and oxygen atoms in total. The lowest BCUT2D eigenvalue weighted by Crippen LogP contribution is -2.16. The molecule has 24 heavy (non-hydrogen) atoms. The number of hydrogen-bond acceptors (Lipinski definition) is 3. The average molecular weight is 446 g/mol. The predicted molar refractivity (Wildman–Crippen MR) is 103 cm³/mol. The summed E-state index contributed by atoms with van der Waals surface area (Å²) >= 11 is 35.0. The lowest BCUT2D eigenvalue weighted by atomic mass is 10.1. The Labute approximate surface area is 169 Å². The Morgan fingerprint density at radius 3 is 1.79 bits per heavy atom. The Balaban J connectivity index is 2.47. The number of benzene rings is 1. The summed E-state index contributed by atoms with van der Waals surface area (Å²) in [6.07, 6.45) is 3.47. The van der Waals surface area contributed by atoms with Gasteiger partial charge in [-0.05, 0) is 31.1 Å². The van der Waals surface area contributed by atoms with Crippen LogP contribution in [0.3, 0.4) is 0 Å². The molecule has 0 unspecified atom stereocenters. The number of hydrogen-bond donors (Lipinski definition) is 0. The summed E-state index contributed by atoms with van der Waals surface area (Å²) in [7, 11) is 0. The van der Waals surface area contributed by atoms with E-state index in [1.807, 2.05) is 32.1 Å². The van der Waals surface area contributed by atoms with Gasteiger partial charge in [-0.2, -0.15) is 0 Å². The van der Waals surface area contributed by atoms with Crippen molar-refractivity contribution in [1.29, 1.82) is 0 Å². The van der Waals surface area contributed by atoms with E-state index >= 15 is 0 Å². The van der Waals surface area contributed by atoms with Crippen molar-refractivity contribution in [3.05, 3.63) is 52.4 Å². The van der Waals surface area contributed by atoms with Gasteiger partial charge in [0.1, 0.15) is 0 Å². The molecule has 0 N–H and O–H groups in total. The maximum atomic E-state index is 5.84. The molecule has 0 spiro atoms. The fourth-order valence-electron chi connectivity index (χ4n) is 1.90. The third-order valence-electron chi connectivity index (χ3n) is 3.00. The molecule has 0 saturated carbocycles. The van der Waals surface area contributed by atoms with Gasteiger partial charge in [-0.3, -0.25) is 0 Å². The number of aromatic nitrogens is 3. The van der Waals surface area contributed by atoms with Crippen molar-refractivity contribution in [1.82, 2.24) is 15.0 Å². The van der Waals surface area contributed by atoms with Crippen molar-refractivity contribution in [2.75, 3.05) is 0 Å². The normalized spacial score (nSPS) is 12.8. The molecule has 0 bridgehead atoms. The van der Waals surface area contributed by atoms with Crippen molar-refractivity contribution in [2.24, 2.45) is 0 Å². The van der Waals surface area contributed by atoms with Gasteiger partial charge < -0.3 is 0 Å². The van der Waals surface area contributed by atoms with Gasteiger partial charge in [-0.15, -0.1) is 0 Å². The van der Waals surface area contributed by atoms with Crippen molar-refractivity contribution in [3.8, 4) is 0 Å². The molecule has 0 aliphatic heterocycles. The van der Waals surface area contributed by atoms with Gasteiger partial charge in [0, 0.05) is 0 Å². The average Bonchev–Trinajstić information content (AvgIpc) is 2.44. The van der Waals surface area contributed by atoms with Crippen LogP contribution in [0.2, 0.25) is 0 Å². The Kier molecular flexibility index (Phi) is 6.28. The molecule has 2 rings (SSSR count). The fourth-order valence-corrected chi connectivity index (χ4v) is 2.40. The molecule has 128 valence electrons. The van der Waals surface area contributed by atoms with Gasteiger partial charge in [0.2, 0.25) is 7.59 Å². The van der Waals surface area contributed by atoms with Crippen LogP contribution in [-0.4, -0.2) is 15.0 Å². The predicted octanol–water partition coefficient (Wildman–Crippen LogP) is 6.31. The van der Waals surface area contributed by atoms with Crippen molar-refractivity contribution >= 4 is 81.8 Å². The summed E-state index contributed by atoms with van der Waals surface area (Å²) in [5.74, 6) is -0.0270. The minimum Gasteiger partial charge on any atom is -0.209 e. The molecule has 9 heteroatoms. The minimum atomic E-state index is -1.87. The molecule has 1 aromatic heterocycles. The zero-order valence-electron chi connectivity index (χ0n) is 12.5. The summed E-state index contributed by atoms with van der Waals surface area (Å²) in [5.41, 5.74) is 3.26. The van der Waals surface area contributed by atoms with Crippen LogP contribution in [0, 0.1) is 13.8 Å². The van der Waals surface area contributed by atoms with Crippen molar-refractivity contribution < 1.29 is 0 Å². The van der Waals surface area contributed by atoms with E-state index in [9.17, 15) is 0 Å². The van der Waals surface area contributed by atoms with Crippen LogP contribution >= 0.6 is 69.6 Å². The SMILES string of the molecule is Cc1ccc(/C=C/c2nc(C(Cl)(Cl)Cl)nc(C(Cl)(Cl)Cl)n2)c(C)c1. The number of halogens is 6. The summed E-state index contributed by atoms with van der Waals surface area (Å²) in [5, 5.41) is 0. The molecule has 0 atom stereocenters. The first-order valence-corrected chi connectivity index (χ1v) is 8.89. The summed E-state index contributed by atoms with van der Waals surface area (Å²) in [6.45, 7) is 4.02. The molecule has 0 aliphatic carbocycles. The first kappa shape index (κ1) is 20.0. The number of rotatable bonds is 2. The molecule has 0 fully saturated rings. The van der Waals surface area contributed by atoms with Crippen LogP contribution in [0.25, 0.3) is 12.2 Å². The Morgan fingerprint density at radius 1 is 0.792 bits per heavy atom. The lowest BCUT2D eigenvalue weighted by molar-refractivity contribution is 0.835. The van der Waals surface area contributed by atoms with Crippen LogP contribution in [0.15, 0.2) is 18.2 Å². The highest BCUT2D eigenvalue weighted by Crippen LogP contribution is 2.39. The molecule has 2 aromatic rings. The van der Waals surface area contributed by atoms with Gasteiger partial charge in [-0.25, -0.2) is 15.0 Å². The maximum Gasteiger partial charge on any atom is 0.250 e. The first-order valence-electron chi connectivity index (χ1n) is 6.62. The highest BCUT2D eigenvalue weighted by molar-refractivity contribution is 6.67. The standard InChI is InChI=1S/C15H11Cl6N3/c1-8-3-4-10(9(2)7-8)5-6-11-22-12(14(16,17)18)24-13(23-11)15(19,20)21/h3-7H,1-2H3/b6-5+. The molecular weight excluding hydrogens is 435 g/mol. The Bertz CT molecular complexity index is 746. The second-order valence-electron chi connectivity index (χ2n) is 5.03. The monoisotopic (exact) mass is 443 g/mol. The van der Waals surface area contributed by atoms with E-state index in [-0.39, 0.29) is 17.5 Å². The van der Waals surface area contributed by atoms with Gasteiger partial charge in [-0.1, -0.05) is 99.4 Å². The Morgan fingerprint density at radius 2 is 1.33 bits per heavy atom. The maximum absolute atomic E-state index is 5.84. The fraction of sp³-hybridized carbons (Fsp3) is 0.267. The smallest absolute Gasteiger partial charge is 0.209 e. The molecule has 0 radical (unpaired) electrons. The van der Waals surface area contributed by atoms with E-state index in [1.165, 1.54) is 5.56 Å². The van der Waals surface area contributed by atoms with E-state index in [1.54, 1.807) is 6.08 Å². The topological polar surface area (TPSA) is 38.7 Å².